The summed E-state index contributed by atoms with van der Waals surface area (Å²) < 4.78 is 6.39. The van der Waals surface area contributed by atoms with Crippen molar-refractivity contribution in [3.63, 3.8) is 0 Å². The Morgan fingerprint density at radius 3 is 2.75 bits per heavy atom. The number of aryl methyl sites for hydroxylation is 1. The van der Waals surface area contributed by atoms with Gasteiger partial charge in [-0.25, -0.2) is 4.98 Å². The molecule has 28 heavy (non-hydrogen) atoms. The molecule has 1 amide bonds. The van der Waals surface area contributed by atoms with Crippen LogP contribution >= 0.6 is 34.5 Å². The summed E-state index contributed by atoms with van der Waals surface area (Å²) >= 11 is 13.8. The van der Waals surface area contributed by atoms with Gasteiger partial charge in [0, 0.05) is 0 Å². The zero-order valence-electron chi connectivity index (χ0n) is 14.6. The smallest absolute Gasteiger partial charge is 0.307 e. The van der Waals surface area contributed by atoms with Crippen LogP contribution in [0.2, 0.25) is 10.0 Å². The summed E-state index contributed by atoms with van der Waals surface area (Å²) in [4.78, 5) is 30.1. The molecule has 3 aromatic rings. The van der Waals surface area contributed by atoms with E-state index in [-0.39, 0.29) is 6.54 Å². The average Bonchev–Trinajstić information content (AvgIpc) is 3.07. The minimum absolute atomic E-state index is 0.167. The molecule has 0 saturated carbocycles. The van der Waals surface area contributed by atoms with Crippen molar-refractivity contribution in [2.75, 3.05) is 4.90 Å². The van der Waals surface area contributed by atoms with Crippen LogP contribution in [-0.4, -0.2) is 28.1 Å². The van der Waals surface area contributed by atoms with E-state index in [1.165, 1.54) is 16.2 Å². The predicted molar refractivity (Wildman–Crippen MR) is 109 cm³/mol. The lowest BCUT2D eigenvalue weighted by atomic mass is 10.1. The van der Waals surface area contributed by atoms with E-state index in [4.69, 9.17) is 33.0 Å². The number of benzene rings is 2. The zero-order chi connectivity index (χ0) is 20.0. The fraction of sp³-hybridized carbons (Fsp3) is 0.211. The summed E-state index contributed by atoms with van der Waals surface area (Å²) in [6.45, 7) is 2.07. The normalized spacial score (nSPS) is 16.2. The van der Waals surface area contributed by atoms with Crippen LogP contribution in [0.1, 0.15) is 17.0 Å². The van der Waals surface area contributed by atoms with Gasteiger partial charge in [0.15, 0.2) is 6.10 Å². The van der Waals surface area contributed by atoms with Crippen LogP contribution in [0.5, 0.6) is 5.75 Å². The fourth-order valence-corrected chi connectivity index (χ4v) is 4.58. The topological polar surface area (TPSA) is 79.7 Å². The van der Waals surface area contributed by atoms with Gasteiger partial charge >= 0.3 is 5.97 Å². The van der Waals surface area contributed by atoms with E-state index >= 15 is 0 Å². The molecule has 2 aromatic carbocycles. The van der Waals surface area contributed by atoms with E-state index in [2.05, 4.69) is 4.98 Å². The van der Waals surface area contributed by atoms with Gasteiger partial charge in [-0.2, -0.15) is 0 Å². The summed E-state index contributed by atoms with van der Waals surface area (Å²) in [6, 6.07) is 8.80. The maximum atomic E-state index is 13.0. The number of thiazole rings is 1. The Morgan fingerprint density at radius 2 is 2.04 bits per heavy atom. The maximum Gasteiger partial charge on any atom is 0.307 e. The Labute approximate surface area is 174 Å². The number of halogens is 2. The molecule has 2 heterocycles. The molecule has 0 fully saturated rings. The largest absolute Gasteiger partial charge is 0.481 e. The second-order valence-electron chi connectivity index (χ2n) is 6.41. The Kier molecular flexibility index (Phi) is 4.91. The monoisotopic (exact) mass is 436 g/mol. The molecule has 1 unspecified atom stereocenters. The number of aliphatic carboxylic acids is 1. The fourth-order valence-electron chi connectivity index (χ4n) is 3.08. The second-order valence-corrected chi connectivity index (χ2v) is 8.31. The third-order valence-corrected chi connectivity index (χ3v) is 6.17. The molecule has 0 radical (unpaired) electrons. The van der Waals surface area contributed by atoms with Gasteiger partial charge in [0.25, 0.3) is 5.91 Å². The zero-order valence-corrected chi connectivity index (χ0v) is 16.9. The van der Waals surface area contributed by atoms with Crippen LogP contribution in [0, 0.1) is 6.92 Å². The number of carboxylic acids is 1. The van der Waals surface area contributed by atoms with Gasteiger partial charge in [0.05, 0.1) is 33.4 Å². The van der Waals surface area contributed by atoms with E-state index in [1.54, 1.807) is 18.2 Å². The van der Waals surface area contributed by atoms with Gasteiger partial charge in [0.1, 0.15) is 16.3 Å². The van der Waals surface area contributed by atoms with E-state index in [1.807, 2.05) is 19.1 Å². The summed E-state index contributed by atoms with van der Waals surface area (Å²) in [6.07, 6.45) is -1.51. The summed E-state index contributed by atoms with van der Waals surface area (Å²) in [5.74, 6) is -1.06. The van der Waals surface area contributed by atoms with Crippen LogP contribution in [0.4, 0.5) is 5.69 Å². The van der Waals surface area contributed by atoms with Gasteiger partial charge < -0.3 is 9.84 Å². The first kappa shape index (κ1) is 19.0. The first-order valence-electron chi connectivity index (χ1n) is 8.37. The molecule has 1 N–H and O–H groups in total. The quantitative estimate of drug-likeness (QED) is 0.641. The molecule has 0 bridgehead atoms. The Morgan fingerprint density at radius 1 is 1.29 bits per heavy atom. The molecule has 1 aliphatic heterocycles. The average molecular weight is 437 g/mol. The Balaban J connectivity index is 1.76. The van der Waals surface area contributed by atoms with Crippen LogP contribution in [0.25, 0.3) is 10.2 Å². The molecule has 9 heteroatoms. The van der Waals surface area contributed by atoms with Crippen molar-refractivity contribution in [2.24, 2.45) is 0 Å². The van der Waals surface area contributed by atoms with Crippen LogP contribution in [-0.2, 0) is 16.1 Å². The van der Waals surface area contributed by atoms with Gasteiger partial charge in [-0.15, -0.1) is 11.3 Å². The van der Waals surface area contributed by atoms with Gasteiger partial charge in [-0.1, -0.05) is 29.3 Å². The number of fused-ring (bicyclic) bond motifs is 2. The van der Waals surface area contributed by atoms with Gasteiger partial charge in [-0.3, -0.25) is 14.5 Å². The van der Waals surface area contributed by atoms with E-state index < -0.39 is 24.4 Å². The summed E-state index contributed by atoms with van der Waals surface area (Å²) in [5.41, 5.74) is 2.12. The van der Waals surface area contributed by atoms with E-state index in [0.29, 0.717) is 32.0 Å². The lowest BCUT2D eigenvalue weighted by molar-refractivity contribution is -0.142. The highest BCUT2D eigenvalue weighted by Crippen LogP contribution is 2.39. The maximum absolute atomic E-state index is 13.0. The minimum Gasteiger partial charge on any atom is -0.481 e. The Hall–Kier alpha value is -2.35. The Bertz CT molecular complexity index is 1080. The van der Waals surface area contributed by atoms with E-state index in [0.717, 1.165) is 10.3 Å². The number of amides is 1. The molecule has 0 aliphatic carbocycles. The number of aromatic nitrogens is 1. The standard InChI is InChI=1S/C19H14Cl2N2O4S/c1-9-2-5-13-12(6-9)23(19(26)14(27-13)7-16(24)25)8-15-22-17-10(20)3-4-11(21)18(17)28-15/h2-6,14H,7-8H2,1H3,(H,24,25). The lowest BCUT2D eigenvalue weighted by Gasteiger charge is -2.33. The minimum atomic E-state index is -1.10. The van der Waals surface area contributed by atoms with E-state index in [9.17, 15) is 9.59 Å². The molecule has 0 saturated heterocycles. The molecule has 1 aromatic heterocycles. The molecule has 0 spiro atoms. The number of hydrogen-bond acceptors (Lipinski definition) is 5. The lowest BCUT2D eigenvalue weighted by Crippen LogP contribution is -2.46. The highest BCUT2D eigenvalue weighted by Gasteiger charge is 2.36. The second kappa shape index (κ2) is 7.24. The number of carboxylic acid groups (broad SMARTS) is 1. The van der Waals surface area contributed by atoms with Crippen LogP contribution < -0.4 is 9.64 Å². The molecule has 144 valence electrons. The summed E-state index contributed by atoms with van der Waals surface area (Å²) in [7, 11) is 0. The van der Waals surface area contributed by atoms with Gasteiger partial charge in [0.2, 0.25) is 0 Å². The molecule has 1 aliphatic rings. The third kappa shape index (κ3) is 3.41. The van der Waals surface area contributed by atoms with Crippen LogP contribution in [0.15, 0.2) is 30.3 Å². The van der Waals surface area contributed by atoms with Crippen molar-refractivity contribution < 1.29 is 19.4 Å². The third-order valence-electron chi connectivity index (χ3n) is 4.36. The molecule has 6 nitrogen and oxygen atoms in total. The van der Waals surface area contributed by atoms with Gasteiger partial charge in [-0.05, 0) is 36.8 Å². The number of ether oxygens (including phenoxy) is 1. The SMILES string of the molecule is Cc1ccc2c(c1)N(Cc1nc3c(Cl)ccc(Cl)c3s1)C(=O)C(CC(=O)O)O2. The number of anilines is 1. The van der Waals surface area contributed by atoms with Crippen molar-refractivity contribution in [3.8, 4) is 5.75 Å². The highest BCUT2D eigenvalue weighted by atomic mass is 35.5. The number of hydrogen-bond donors (Lipinski definition) is 1. The number of nitrogens with zero attached hydrogens (tertiary/aromatic N) is 2. The van der Waals surface area contributed by atoms with Crippen molar-refractivity contribution in [2.45, 2.75) is 26.0 Å². The molecular weight excluding hydrogens is 423 g/mol. The number of carbonyl (C=O) groups is 2. The first-order valence-corrected chi connectivity index (χ1v) is 9.94. The van der Waals surface area contributed by atoms with Crippen molar-refractivity contribution >= 4 is 62.3 Å². The molecular formula is C19H14Cl2N2O4S. The molecule has 4 rings (SSSR count). The number of carbonyl (C=O) groups excluding carboxylic acids is 1. The van der Waals surface area contributed by atoms with Crippen LogP contribution in [0.3, 0.4) is 0 Å². The van der Waals surface area contributed by atoms with Crippen molar-refractivity contribution in [1.82, 2.24) is 4.98 Å². The molecule has 1 atom stereocenters. The first-order chi connectivity index (χ1) is 13.3. The van der Waals surface area contributed by atoms with Crippen molar-refractivity contribution in [1.29, 1.82) is 0 Å². The number of rotatable bonds is 4. The summed E-state index contributed by atoms with van der Waals surface area (Å²) in [5, 5.41) is 10.8. The highest BCUT2D eigenvalue weighted by molar-refractivity contribution is 7.19. The van der Waals surface area contributed by atoms with Crippen molar-refractivity contribution in [3.05, 3.63) is 50.9 Å². The predicted octanol–water partition coefficient (Wildman–Crippen LogP) is 4.68.